The molecule has 0 atom stereocenters. The van der Waals surface area contributed by atoms with E-state index in [1.807, 2.05) is 0 Å². The minimum atomic E-state index is -0.141. The molecule has 0 bridgehead atoms. The number of benzene rings is 7. The number of aryl methyl sites for hydroxylation is 5. The van der Waals surface area contributed by atoms with E-state index in [-0.39, 0.29) is 28.5 Å². The predicted molar refractivity (Wildman–Crippen MR) is 292 cm³/mol. The molecule has 0 fully saturated rings. The van der Waals surface area contributed by atoms with Gasteiger partial charge in [0, 0.05) is 39.1 Å². The van der Waals surface area contributed by atoms with E-state index in [0.29, 0.717) is 0 Å². The van der Waals surface area contributed by atoms with Crippen LogP contribution < -0.4 is 20.6 Å². The van der Waals surface area contributed by atoms with Gasteiger partial charge in [-0.2, -0.15) is 0 Å². The zero-order valence-electron chi connectivity index (χ0n) is 42.8. The lowest BCUT2D eigenvalue weighted by molar-refractivity contribution is 0.332. The molecule has 0 unspecified atom stereocenters. The van der Waals surface area contributed by atoms with Gasteiger partial charge in [-0.15, -0.1) is 0 Å². The number of para-hydroxylation sites is 1. The molecule has 7 aromatic carbocycles. The van der Waals surface area contributed by atoms with Crippen molar-refractivity contribution in [1.82, 2.24) is 0 Å². The van der Waals surface area contributed by atoms with Gasteiger partial charge in [0.15, 0.2) is 5.58 Å². The van der Waals surface area contributed by atoms with E-state index in [0.717, 1.165) is 46.9 Å². The van der Waals surface area contributed by atoms with Crippen molar-refractivity contribution in [3.63, 3.8) is 0 Å². The fourth-order valence-electron chi connectivity index (χ4n) is 13.4. The third-order valence-electron chi connectivity index (χ3n) is 17.1. The van der Waals surface area contributed by atoms with E-state index >= 15 is 0 Å². The zero-order valence-corrected chi connectivity index (χ0v) is 42.8. The van der Waals surface area contributed by atoms with Crippen molar-refractivity contribution < 1.29 is 4.42 Å². The molecule has 0 saturated carbocycles. The maximum absolute atomic E-state index is 7.25. The van der Waals surface area contributed by atoms with Crippen molar-refractivity contribution in [2.45, 2.75) is 144 Å². The summed E-state index contributed by atoms with van der Waals surface area (Å²) in [7, 11) is 0. The van der Waals surface area contributed by atoms with Crippen LogP contribution in [0.15, 0.2) is 114 Å². The van der Waals surface area contributed by atoms with Crippen LogP contribution in [0.4, 0.5) is 28.4 Å². The molecular formula is C64H67BN2O. The number of hydrogen-bond donors (Lipinski definition) is 0. The second-order valence-electron chi connectivity index (χ2n) is 24.3. The fraction of sp³-hybridized carbons (Fsp3) is 0.344. The average molecular weight is 891 g/mol. The van der Waals surface area contributed by atoms with Gasteiger partial charge in [0.1, 0.15) is 5.58 Å². The van der Waals surface area contributed by atoms with Crippen LogP contribution in [0.1, 0.15) is 138 Å². The lowest BCUT2D eigenvalue weighted by Gasteiger charge is -2.48. The number of rotatable bonds is 3. The number of anilines is 5. The Morgan fingerprint density at radius 1 is 0.588 bits per heavy atom. The lowest BCUT2D eigenvalue weighted by Crippen LogP contribution is -2.61. The Bertz CT molecular complexity index is 3420. The van der Waals surface area contributed by atoms with Crippen LogP contribution in [0, 0.1) is 27.7 Å². The normalized spacial score (nSPS) is 17.5. The highest BCUT2D eigenvalue weighted by molar-refractivity contribution is 6.94. The summed E-state index contributed by atoms with van der Waals surface area (Å²) in [6.07, 6.45) is 5.85. The van der Waals surface area contributed by atoms with Gasteiger partial charge in [-0.1, -0.05) is 129 Å². The molecule has 2 aliphatic carbocycles. The Labute approximate surface area is 405 Å². The fourth-order valence-corrected chi connectivity index (χ4v) is 13.4. The first kappa shape index (κ1) is 43.3. The molecule has 4 heteroatoms. The Kier molecular flexibility index (Phi) is 9.24. The van der Waals surface area contributed by atoms with Gasteiger partial charge in [0.05, 0.1) is 5.69 Å². The van der Waals surface area contributed by atoms with Crippen LogP contribution in [0.3, 0.4) is 0 Å². The summed E-state index contributed by atoms with van der Waals surface area (Å²) in [5, 5.41) is 2.31. The first-order chi connectivity index (χ1) is 32.2. The van der Waals surface area contributed by atoms with E-state index < -0.39 is 0 Å². The van der Waals surface area contributed by atoms with Crippen molar-refractivity contribution >= 4 is 68.1 Å². The SMILES string of the molecule is Cc1cc(C)c(-c2cc3c4c(c2)N(c2cc5c(cc2C)CCCC5(C)C)c2c(ccc5c2oc2ccccc25)B4N(c2ccc(C(C)(C)C)cc2)c2cc4c(cc2-3)C(C)(C)CCC4(C)C)c(C)c1. The first-order valence-corrected chi connectivity index (χ1v) is 25.5. The van der Waals surface area contributed by atoms with E-state index in [1.165, 1.54) is 119 Å². The Morgan fingerprint density at radius 3 is 1.96 bits per heavy atom. The van der Waals surface area contributed by atoms with Gasteiger partial charge >= 0.3 is 6.85 Å². The number of hydrogen-bond acceptors (Lipinski definition) is 3. The largest absolute Gasteiger partial charge is 0.454 e. The Morgan fingerprint density at radius 2 is 1.25 bits per heavy atom. The van der Waals surface area contributed by atoms with Gasteiger partial charge in [0.25, 0.3) is 0 Å². The molecule has 8 aromatic rings. The van der Waals surface area contributed by atoms with E-state index in [9.17, 15) is 0 Å². The molecular weight excluding hydrogens is 824 g/mol. The van der Waals surface area contributed by atoms with Crippen molar-refractivity contribution in [3.05, 3.63) is 159 Å². The molecule has 2 aliphatic heterocycles. The molecule has 0 spiro atoms. The second kappa shape index (κ2) is 14.5. The van der Waals surface area contributed by atoms with Crippen molar-refractivity contribution in [2.75, 3.05) is 9.71 Å². The predicted octanol–water partition coefficient (Wildman–Crippen LogP) is 16.5. The molecule has 3 heterocycles. The summed E-state index contributed by atoms with van der Waals surface area (Å²) in [6, 6.07) is 43.2. The van der Waals surface area contributed by atoms with Crippen LogP contribution in [0.2, 0.25) is 0 Å². The van der Waals surface area contributed by atoms with Gasteiger partial charge in [-0.25, -0.2) is 0 Å². The maximum atomic E-state index is 7.25. The van der Waals surface area contributed by atoms with Gasteiger partial charge in [0.2, 0.25) is 0 Å². The third kappa shape index (κ3) is 6.31. The molecule has 0 saturated heterocycles. The van der Waals surface area contributed by atoms with Crippen LogP contribution >= 0.6 is 0 Å². The smallest absolute Gasteiger partial charge is 0.333 e. The van der Waals surface area contributed by atoms with Crippen molar-refractivity contribution in [2.24, 2.45) is 0 Å². The average Bonchev–Trinajstić information content (AvgIpc) is 3.66. The van der Waals surface area contributed by atoms with Crippen molar-refractivity contribution in [3.8, 4) is 22.3 Å². The highest BCUT2D eigenvalue weighted by atomic mass is 16.3. The Balaban J connectivity index is 1.27. The molecule has 3 nitrogen and oxygen atoms in total. The van der Waals surface area contributed by atoms with E-state index in [1.54, 1.807) is 0 Å². The van der Waals surface area contributed by atoms with Gasteiger partial charge in [-0.3, -0.25) is 0 Å². The molecule has 0 radical (unpaired) electrons. The summed E-state index contributed by atoms with van der Waals surface area (Å²) >= 11 is 0. The summed E-state index contributed by atoms with van der Waals surface area (Å²) in [6.45, 7) is 30.8. The molecule has 1 aromatic heterocycles. The number of furan rings is 1. The summed E-state index contributed by atoms with van der Waals surface area (Å²) in [5.41, 5.74) is 28.5. The molecule has 0 N–H and O–H groups in total. The van der Waals surface area contributed by atoms with E-state index in [2.05, 4.69) is 209 Å². The molecule has 342 valence electrons. The minimum absolute atomic E-state index is 0.0293. The maximum Gasteiger partial charge on any atom is 0.333 e. The number of fused-ring (bicyclic) bond motifs is 10. The number of nitrogens with zero attached hydrogens (tertiary/aromatic N) is 2. The summed E-state index contributed by atoms with van der Waals surface area (Å²) < 4.78 is 7.25. The molecule has 4 aliphatic rings. The first-order valence-electron chi connectivity index (χ1n) is 25.5. The zero-order chi connectivity index (χ0) is 47.6. The van der Waals surface area contributed by atoms with Crippen LogP contribution in [0.25, 0.3) is 44.2 Å². The molecule has 68 heavy (non-hydrogen) atoms. The third-order valence-corrected chi connectivity index (χ3v) is 17.1. The van der Waals surface area contributed by atoms with E-state index in [4.69, 9.17) is 4.42 Å². The van der Waals surface area contributed by atoms with Gasteiger partial charge < -0.3 is 14.1 Å². The Hall–Kier alpha value is -6.00. The monoisotopic (exact) mass is 891 g/mol. The standard InChI is InChI=1S/C64H67BN2O/c1-37-29-39(3)57(40(4)30-37)42-32-48-47-34-50-51(64(12,13)28-27-63(50,10)11)36-54(47)67(44-22-20-43(21-23-44)61(5,6)7)65-52-25-24-46-45-18-14-15-19-56(45)68-60(46)59(52)66(55(33-42)58(48)65)53-35-49-41(31-38(53)2)17-16-26-62(49,8)9/h14-15,18-25,29-36H,16-17,26-28H2,1-13H3. The molecule has 0 amide bonds. The van der Waals surface area contributed by atoms with Crippen LogP contribution in [-0.4, -0.2) is 6.85 Å². The highest BCUT2D eigenvalue weighted by Crippen LogP contribution is 2.55. The minimum Gasteiger partial charge on any atom is -0.454 e. The topological polar surface area (TPSA) is 19.6 Å². The van der Waals surface area contributed by atoms with Crippen LogP contribution in [0.5, 0.6) is 0 Å². The lowest BCUT2D eigenvalue weighted by atomic mass is 9.43. The second-order valence-corrected chi connectivity index (χ2v) is 24.3. The molecule has 12 rings (SSSR count). The quantitative estimate of drug-likeness (QED) is 0.165. The summed E-state index contributed by atoms with van der Waals surface area (Å²) in [5.74, 6) is 0. The van der Waals surface area contributed by atoms with Crippen molar-refractivity contribution in [1.29, 1.82) is 0 Å². The highest BCUT2D eigenvalue weighted by Gasteiger charge is 2.49. The van der Waals surface area contributed by atoms with Crippen LogP contribution in [-0.2, 0) is 28.1 Å². The van der Waals surface area contributed by atoms with Gasteiger partial charge in [-0.05, 0) is 202 Å². The summed E-state index contributed by atoms with van der Waals surface area (Å²) in [4.78, 5) is 5.39.